The predicted molar refractivity (Wildman–Crippen MR) is 87.0 cm³/mol. The van der Waals surface area contributed by atoms with Crippen molar-refractivity contribution in [2.24, 2.45) is 0 Å². The molecule has 2 aromatic rings. The lowest BCUT2D eigenvalue weighted by atomic mass is 10.4. The van der Waals surface area contributed by atoms with Crippen LogP contribution in [0.2, 0.25) is 5.15 Å². The van der Waals surface area contributed by atoms with Gasteiger partial charge in [0.1, 0.15) is 5.15 Å². The molecule has 0 saturated heterocycles. The minimum atomic E-state index is -4.73. The van der Waals surface area contributed by atoms with E-state index in [4.69, 9.17) is 11.6 Å². The van der Waals surface area contributed by atoms with Gasteiger partial charge >= 0.3 is 18.4 Å². The molecule has 8 nitrogen and oxygen atoms in total. The fourth-order valence-corrected chi connectivity index (χ4v) is 1.74. The quantitative estimate of drug-likeness (QED) is 0.514. The number of amides is 2. The molecule has 0 saturated carbocycles. The number of nitrogens with one attached hydrogen (secondary N) is 2. The lowest BCUT2D eigenvalue weighted by Crippen LogP contribution is -2.23. The fraction of sp³-hybridized carbons (Fsp3) is 0.286. The van der Waals surface area contributed by atoms with Gasteiger partial charge in [-0.2, -0.15) is 36.3 Å². The minimum absolute atomic E-state index is 0.153. The molecule has 0 aliphatic heterocycles. The first kappa shape index (κ1) is 22.3. The number of anilines is 2. The third-order valence-corrected chi connectivity index (χ3v) is 2.88. The molecule has 0 aliphatic carbocycles. The minimum Gasteiger partial charge on any atom is -0.468 e. The standard InChI is InChI=1S/C14H10ClF6N5O3/c15-8-2-1-7(4-22-8)23-12(27)26-11-24-9(28-5-13(16,17)18)3-10(25-11)29-6-14(19,20)21/h1-4H,5-6H2,(H2,23,24,25,26,27). The van der Waals surface area contributed by atoms with Gasteiger partial charge in [0.05, 0.1) is 18.0 Å². The Morgan fingerprint density at radius 2 is 1.52 bits per heavy atom. The zero-order chi connectivity index (χ0) is 21.7. The van der Waals surface area contributed by atoms with Crippen LogP contribution in [-0.4, -0.2) is 46.5 Å². The topological polar surface area (TPSA) is 98.3 Å². The highest BCUT2D eigenvalue weighted by atomic mass is 35.5. The summed E-state index contributed by atoms with van der Waals surface area (Å²) in [6, 6.07) is 2.39. The average Bonchev–Trinajstić information content (AvgIpc) is 2.59. The van der Waals surface area contributed by atoms with E-state index in [-0.39, 0.29) is 10.8 Å². The molecular weight excluding hydrogens is 436 g/mol. The van der Waals surface area contributed by atoms with Crippen LogP contribution in [0.25, 0.3) is 0 Å². The summed E-state index contributed by atoms with van der Waals surface area (Å²) in [7, 11) is 0. The van der Waals surface area contributed by atoms with Crippen molar-refractivity contribution < 1.29 is 40.6 Å². The van der Waals surface area contributed by atoms with Gasteiger partial charge in [-0.05, 0) is 12.1 Å². The van der Waals surface area contributed by atoms with E-state index < -0.39 is 49.3 Å². The van der Waals surface area contributed by atoms with Crippen LogP contribution in [0, 0.1) is 0 Å². The van der Waals surface area contributed by atoms with E-state index >= 15 is 0 Å². The average molecular weight is 446 g/mol. The van der Waals surface area contributed by atoms with Crippen LogP contribution in [0.3, 0.4) is 0 Å². The number of aromatic nitrogens is 3. The third-order valence-electron chi connectivity index (χ3n) is 2.66. The van der Waals surface area contributed by atoms with Crippen LogP contribution < -0.4 is 20.1 Å². The Kier molecular flexibility index (Phi) is 6.89. The second-order valence-electron chi connectivity index (χ2n) is 5.12. The van der Waals surface area contributed by atoms with E-state index in [9.17, 15) is 31.1 Å². The highest BCUT2D eigenvalue weighted by molar-refractivity contribution is 6.29. The lowest BCUT2D eigenvalue weighted by Gasteiger charge is -2.13. The van der Waals surface area contributed by atoms with Gasteiger partial charge in [0.25, 0.3) is 0 Å². The fourth-order valence-electron chi connectivity index (χ4n) is 1.63. The summed E-state index contributed by atoms with van der Waals surface area (Å²) >= 11 is 5.59. The van der Waals surface area contributed by atoms with E-state index in [0.717, 1.165) is 0 Å². The highest BCUT2D eigenvalue weighted by Gasteiger charge is 2.30. The first-order valence-electron chi connectivity index (χ1n) is 7.37. The molecule has 0 atom stereocenters. The van der Waals surface area contributed by atoms with Crippen LogP contribution in [0.15, 0.2) is 24.4 Å². The molecule has 15 heteroatoms. The summed E-state index contributed by atoms with van der Waals surface area (Å²) < 4.78 is 82.4. The first-order chi connectivity index (χ1) is 13.4. The summed E-state index contributed by atoms with van der Waals surface area (Å²) in [6.07, 6.45) is -8.27. The van der Waals surface area contributed by atoms with E-state index in [2.05, 4.69) is 29.7 Å². The van der Waals surface area contributed by atoms with Crippen molar-refractivity contribution >= 4 is 29.3 Å². The van der Waals surface area contributed by atoms with Gasteiger partial charge in [0.15, 0.2) is 13.2 Å². The van der Waals surface area contributed by atoms with Gasteiger partial charge in [-0.15, -0.1) is 0 Å². The Labute approximate surface area is 163 Å². The number of carbonyl (C=O) groups is 1. The molecule has 2 amide bonds. The molecule has 0 radical (unpaired) electrons. The SMILES string of the molecule is O=C(Nc1ccc(Cl)nc1)Nc1nc(OCC(F)(F)F)cc(OCC(F)(F)F)n1. The zero-order valence-corrected chi connectivity index (χ0v) is 14.7. The lowest BCUT2D eigenvalue weighted by molar-refractivity contribution is -0.154. The Balaban J connectivity index is 2.14. The van der Waals surface area contributed by atoms with E-state index in [0.29, 0.717) is 6.07 Å². The van der Waals surface area contributed by atoms with Crippen molar-refractivity contribution in [2.75, 3.05) is 23.8 Å². The number of hydrogen-bond acceptors (Lipinski definition) is 6. The predicted octanol–water partition coefficient (Wildman–Crippen LogP) is 4.05. The largest absolute Gasteiger partial charge is 0.468 e. The summed E-state index contributed by atoms with van der Waals surface area (Å²) in [4.78, 5) is 22.6. The van der Waals surface area contributed by atoms with Crippen molar-refractivity contribution in [1.29, 1.82) is 0 Å². The molecular formula is C14H10ClF6N5O3. The Hall–Kier alpha value is -3.03. The van der Waals surface area contributed by atoms with Gasteiger partial charge in [0.2, 0.25) is 17.7 Å². The normalized spacial score (nSPS) is 11.7. The van der Waals surface area contributed by atoms with Crippen molar-refractivity contribution in [3.63, 3.8) is 0 Å². The second kappa shape index (κ2) is 8.98. The van der Waals surface area contributed by atoms with Gasteiger partial charge in [-0.25, -0.2) is 9.78 Å². The first-order valence-corrected chi connectivity index (χ1v) is 7.75. The molecule has 0 bridgehead atoms. The molecule has 0 fully saturated rings. The summed E-state index contributed by atoms with van der Waals surface area (Å²) in [6.45, 7) is -3.55. The van der Waals surface area contributed by atoms with Crippen LogP contribution in [-0.2, 0) is 0 Å². The second-order valence-corrected chi connectivity index (χ2v) is 5.51. The van der Waals surface area contributed by atoms with Gasteiger partial charge in [-0.3, -0.25) is 5.32 Å². The monoisotopic (exact) mass is 445 g/mol. The van der Waals surface area contributed by atoms with Crippen molar-refractivity contribution in [2.45, 2.75) is 12.4 Å². The number of urea groups is 1. The Bertz CT molecular complexity index is 811. The third kappa shape index (κ3) is 8.68. The number of nitrogens with zero attached hydrogens (tertiary/aromatic N) is 3. The van der Waals surface area contributed by atoms with Gasteiger partial charge in [-0.1, -0.05) is 11.6 Å². The number of alkyl halides is 6. The van der Waals surface area contributed by atoms with E-state index in [1.54, 1.807) is 0 Å². The molecule has 29 heavy (non-hydrogen) atoms. The van der Waals surface area contributed by atoms with Crippen LogP contribution in [0.5, 0.6) is 11.8 Å². The van der Waals surface area contributed by atoms with Crippen LogP contribution >= 0.6 is 11.6 Å². The molecule has 2 aromatic heterocycles. The Morgan fingerprint density at radius 1 is 0.966 bits per heavy atom. The molecule has 2 heterocycles. The number of hydrogen-bond donors (Lipinski definition) is 2. The van der Waals surface area contributed by atoms with E-state index in [1.165, 1.54) is 18.3 Å². The molecule has 0 aromatic carbocycles. The number of halogens is 7. The number of carbonyl (C=O) groups excluding carboxylic acids is 1. The molecule has 0 unspecified atom stereocenters. The van der Waals surface area contributed by atoms with Crippen molar-refractivity contribution in [1.82, 2.24) is 15.0 Å². The van der Waals surface area contributed by atoms with Gasteiger partial charge in [0, 0.05) is 0 Å². The maximum Gasteiger partial charge on any atom is 0.422 e. The summed E-state index contributed by atoms with van der Waals surface area (Å²) in [5, 5.41) is 4.45. The summed E-state index contributed by atoms with van der Waals surface area (Å²) in [5.74, 6) is -2.20. The van der Waals surface area contributed by atoms with Crippen LogP contribution in [0.4, 0.5) is 42.8 Å². The van der Waals surface area contributed by atoms with Gasteiger partial charge < -0.3 is 14.8 Å². The molecule has 2 N–H and O–H groups in total. The Morgan fingerprint density at radius 3 is 1.97 bits per heavy atom. The zero-order valence-electron chi connectivity index (χ0n) is 13.9. The van der Waals surface area contributed by atoms with Crippen molar-refractivity contribution in [3.05, 3.63) is 29.5 Å². The highest BCUT2D eigenvalue weighted by Crippen LogP contribution is 2.23. The number of ether oxygens (including phenoxy) is 2. The summed E-state index contributed by atoms with van der Waals surface area (Å²) in [5.41, 5.74) is 0.185. The number of pyridine rings is 1. The smallest absolute Gasteiger partial charge is 0.422 e. The molecule has 0 aliphatic rings. The van der Waals surface area contributed by atoms with Crippen LogP contribution in [0.1, 0.15) is 0 Å². The van der Waals surface area contributed by atoms with E-state index in [1.807, 2.05) is 5.32 Å². The van der Waals surface area contributed by atoms with Crippen molar-refractivity contribution in [3.8, 4) is 11.8 Å². The maximum absolute atomic E-state index is 12.3. The maximum atomic E-state index is 12.3. The molecule has 2 rings (SSSR count). The molecule has 158 valence electrons. The number of rotatable bonds is 6. The molecule has 0 spiro atoms.